The number of carbonyl (C=O) groups excluding carboxylic acids is 8. The average Bonchev–Trinajstić information content (AvgIpc) is 1.56. The number of hydrogen-bond acceptors (Lipinski definition) is 12. The molecule has 20 rings (SSSR count). The Morgan fingerprint density at radius 3 is 1.07 bits per heavy atom. The van der Waals surface area contributed by atoms with E-state index in [9.17, 15) is 38.4 Å². The summed E-state index contributed by atoms with van der Waals surface area (Å²) >= 11 is 0. The second-order valence-corrected chi connectivity index (χ2v) is 40.0. The van der Waals surface area contributed by atoms with Crippen LogP contribution >= 0.6 is 0 Å². The molecule has 20 saturated carbocycles. The quantitative estimate of drug-likeness (QED) is 0.0604. The standard InChI is InChI=1S/C16H22O2.C15H20O2.C13H21NO.2C11H17NO.C11H16O2.C10H15NO.C10H14O2/c1-8(2)16(17)18-13-7-11-6-12(13)15-10-4-3-9(5-10)14(11)15;1-2-13(16)17-12-7-10-6-11(12)15-9-4-3-8(5-9)14(10)15;1-4-14(13(15)9(2)3)12-8-10-5-6-11(12)7-10;1-7(2)11(13)12-10-6-8-3-4-9(10)5-8;1-3-11(13)12(2)10-7-8-4-5-9(10)6-8;1-7(2)11(12)13-10-6-8-3-4-9(10)5-8;1-2-10(12)11-9-6-7-3-4-8(9)5-7;1-2-10(11)12-9-6-7-3-4-8(9)5-7/h9-15H,1,3-7H2,2H3;2,8-12,14-15H,1,3-7H2;10-12H,2,4-8H2,1,3H3;8-10H,1,3-6H2,2H3,(H,12,13);3,8-10H,1,4-7H2,2H3;8-10H,1,3-6H2,2H3;2,7-9H,1,3-6H2,(H,11,12);2,7-9H,1,3-6H2. The van der Waals surface area contributed by atoms with Gasteiger partial charge in [0.05, 0.1) is 0 Å². The van der Waals surface area contributed by atoms with E-state index < -0.39 is 0 Å². The van der Waals surface area contributed by atoms with E-state index in [4.69, 9.17) is 18.9 Å². The van der Waals surface area contributed by atoms with Gasteiger partial charge in [-0.05, 0) is 381 Å². The lowest BCUT2D eigenvalue weighted by Gasteiger charge is -2.38. The Labute approximate surface area is 678 Å². The minimum absolute atomic E-state index is 0.00690. The van der Waals surface area contributed by atoms with Crippen molar-refractivity contribution in [1.82, 2.24) is 20.4 Å². The van der Waals surface area contributed by atoms with Gasteiger partial charge in [0, 0.05) is 72.2 Å². The summed E-state index contributed by atoms with van der Waals surface area (Å²) in [6.07, 6.45) is 50.8. The van der Waals surface area contributed by atoms with E-state index in [2.05, 4.69) is 70.2 Å². The van der Waals surface area contributed by atoms with E-state index in [1.54, 1.807) is 20.8 Å². The van der Waals surface area contributed by atoms with E-state index >= 15 is 0 Å². The molecule has 2 N–H and O–H groups in total. The molecule has 16 heteroatoms. The topological polar surface area (TPSA) is 204 Å². The molecular formula is C97H142N4O12. The van der Waals surface area contributed by atoms with Crippen LogP contribution in [-0.4, -0.2) is 119 Å². The maximum absolute atomic E-state index is 12.0. The van der Waals surface area contributed by atoms with Gasteiger partial charge in [0.1, 0.15) is 24.4 Å². The van der Waals surface area contributed by atoms with Crippen LogP contribution in [0.3, 0.4) is 0 Å². The van der Waals surface area contributed by atoms with Crippen molar-refractivity contribution in [2.75, 3.05) is 13.6 Å². The first-order valence-electron chi connectivity index (χ1n) is 45.3. The normalized spacial score (nSPS) is 41.3. The van der Waals surface area contributed by atoms with Crippen molar-refractivity contribution < 1.29 is 57.3 Å². The van der Waals surface area contributed by atoms with Gasteiger partial charge in [-0.2, -0.15) is 0 Å². The molecule has 32 atom stereocenters. The van der Waals surface area contributed by atoms with Crippen LogP contribution < -0.4 is 10.6 Å². The highest BCUT2D eigenvalue weighted by molar-refractivity contribution is 5.93. The van der Waals surface area contributed by atoms with Crippen LogP contribution in [0.15, 0.2) is 99.2 Å². The molecule has 0 aliphatic heterocycles. The Balaban J connectivity index is 0.000000113. The van der Waals surface area contributed by atoms with Gasteiger partial charge in [-0.3, -0.25) is 19.2 Å². The van der Waals surface area contributed by atoms with Crippen molar-refractivity contribution in [3.8, 4) is 0 Å². The molecule has 0 aromatic carbocycles. The molecule has 113 heavy (non-hydrogen) atoms. The molecule has 32 unspecified atom stereocenters. The maximum Gasteiger partial charge on any atom is 0.333 e. The molecule has 0 saturated heterocycles. The van der Waals surface area contributed by atoms with Crippen LogP contribution in [0, 0.1) is 142 Å². The number of amides is 4. The highest BCUT2D eigenvalue weighted by Gasteiger charge is 2.65. The van der Waals surface area contributed by atoms with Crippen LogP contribution in [0.1, 0.15) is 253 Å². The zero-order valence-electron chi connectivity index (χ0n) is 70.0. The third kappa shape index (κ3) is 19.1. The molecule has 4 amide bonds. The van der Waals surface area contributed by atoms with Gasteiger partial charge in [-0.15, -0.1) is 0 Å². The largest absolute Gasteiger partial charge is 0.459 e. The summed E-state index contributed by atoms with van der Waals surface area (Å²) < 4.78 is 21.8. The maximum atomic E-state index is 12.0. The second-order valence-electron chi connectivity index (χ2n) is 40.0. The number of fused-ring (bicyclic) bond motifs is 30. The van der Waals surface area contributed by atoms with E-state index in [0.29, 0.717) is 70.1 Å². The Kier molecular flexibility index (Phi) is 27.8. The first-order valence-corrected chi connectivity index (χ1v) is 45.3. The highest BCUT2D eigenvalue weighted by Crippen LogP contribution is 2.69. The average molecular weight is 1560 g/mol. The predicted octanol–water partition coefficient (Wildman–Crippen LogP) is 17.9. The molecule has 20 aliphatic carbocycles. The van der Waals surface area contributed by atoms with Crippen LogP contribution in [0.2, 0.25) is 0 Å². The van der Waals surface area contributed by atoms with Crippen LogP contribution in [0.4, 0.5) is 0 Å². The molecule has 0 aromatic heterocycles. The molecule has 622 valence electrons. The number of carbonyl (C=O) groups is 8. The van der Waals surface area contributed by atoms with Crippen molar-refractivity contribution in [2.45, 2.75) is 302 Å². The molecule has 16 nitrogen and oxygen atoms in total. The SMILES string of the molecule is C=C(C)C(=O)N(CC)C1CC2CCC1C2.C=C(C)C(=O)NC1CC2CCC1C2.C=C(C)C(=O)OC1CC2CC1C1C3CCC(C3)C21.C=C(C)C(=O)OC1CC2CCC1C2.C=CC(=O)N(C)C1CC2CCC1C2.C=CC(=O)NC1CC2CCC1C2.C=CC(=O)OC1CC2CC1C1C3CCC(C3)C21.C=CC(=O)OC1CC2CCC1C2. The first-order chi connectivity index (χ1) is 54.2. The molecule has 0 radical (unpaired) electrons. The second kappa shape index (κ2) is 37.1. The minimum atomic E-state index is -0.257. The summed E-state index contributed by atoms with van der Waals surface area (Å²) in [6, 6.07) is 1.92. The first kappa shape index (κ1) is 84.6. The molecule has 20 aliphatic rings. The van der Waals surface area contributed by atoms with E-state index in [1.165, 1.54) is 217 Å². The number of rotatable bonds is 17. The number of esters is 4. The fraction of sp³-hybridized carbons (Fsp3) is 0.753. The number of nitrogens with zero attached hydrogens (tertiary/aromatic N) is 2. The number of ether oxygens (including phenoxy) is 4. The van der Waals surface area contributed by atoms with Crippen molar-refractivity contribution in [2.24, 2.45) is 142 Å². The smallest absolute Gasteiger partial charge is 0.333 e. The predicted molar refractivity (Wildman–Crippen MR) is 442 cm³/mol. The van der Waals surface area contributed by atoms with Crippen molar-refractivity contribution in [1.29, 1.82) is 0 Å². The highest BCUT2D eigenvalue weighted by atomic mass is 16.6. The Morgan fingerprint density at radius 1 is 0.345 bits per heavy atom. The fourth-order valence-corrected chi connectivity index (χ4v) is 28.5. The van der Waals surface area contributed by atoms with Gasteiger partial charge in [0.25, 0.3) is 0 Å². The van der Waals surface area contributed by atoms with E-state index in [0.717, 1.165) is 151 Å². The van der Waals surface area contributed by atoms with Gasteiger partial charge in [0.15, 0.2) is 0 Å². The van der Waals surface area contributed by atoms with Crippen LogP contribution in [0.25, 0.3) is 0 Å². The monoisotopic (exact) mass is 1560 g/mol. The van der Waals surface area contributed by atoms with Crippen LogP contribution in [-0.2, 0) is 57.3 Å². The molecule has 0 aromatic rings. The van der Waals surface area contributed by atoms with E-state index in [1.807, 2.05) is 23.8 Å². The summed E-state index contributed by atoms with van der Waals surface area (Å²) in [6.45, 7) is 38.5. The summed E-state index contributed by atoms with van der Waals surface area (Å²) in [7, 11) is 1.91. The van der Waals surface area contributed by atoms with Gasteiger partial charge in [-0.25, -0.2) is 19.2 Å². The van der Waals surface area contributed by atoms with Gasteiger partial charge < -0.3 is 39.4 Å². The zero-order chi connectivity index (χ0) is 80.4. The lowest BCUT2D eigenvalue weighted by molar-refractivity contribution is -0.149. The third-order valence-electron chi connectivity index (χ3n) is 33.3. The molecule has 0 heterocycles. The van der Waals surface area contributed by atoms with Crippen molar-refractivity contribution in [3.05, 3.63) is 99.2 Å². The lowest BCUT2D eigenvalue weighted by Crippen LogP contribution is -2.43. The third-order valence-corrected chi connectivity index (χ3v) is 33.3. The van der Waals surface area contributed by atoms with Gasteiger partial charge in [0.2, 0.25) is 23.6 Å². The minimum Gasteiger partial charge on any atom is -0.459 e. The molecule has 20 bridgehead atoms. The molecule has 20 fully saturated rings. The zero-order valence-corrected chi connectivity index (χ0v) is 70.0. The van der Waals surface area contributed by atoms with E-state index in [-0.39, 0.29) is 71.9 Å². The van der Waals surface area contributed by atoms with Gasteiger partial charge in [-0.1, -0.05) is 78.3 Å². The number of likely N-dealkylation sites (N-methyl/N-ethyl adjacent to an activating group) is 2. The summed E-state index contributed by atoms with van der Waals surface area (Å²) in [5, 5.41) is 6.07. The van der Waals surface area contributed by atoms with Crippen LogP contribution in [0.5, 0.6) is 0 Å². The van der Waals surface area contributed by atoms with Crippen molar-refractivity contribution in [3.63, 3.8) is 0 Å². The molecule has 0 spiro atoms. The van der Waals surface area contributed by atoms with Crippen molar-refractivity contribution >= 4 is 47.5 Å². The fourth-order valence-electron chi connectivity index (χ4n) is 28.5. The lowest BCUT2D eigenvalue weighted by atomic mass is 9.70. The number of nitrogens with one attached hydrogen (secondary N) is 2. The Bertz CT molecular complexity index is 3480. The Morgan fingerprint density at radius 2 is 0.717 bits per heavy atom. The summed E-state index contributed by atoms with van der Waals surface area (Å²) in [5.74, 6) is 19.9. The molecular weight excluding hydrogens is 1410 g/mol. The summed E-state index contributed by atoms with van der Waals surface area (Å²) in [5.41, 5.74) is 2.37. The Hall–Kier alpha value is -6.32. The van der Waals surface area contributed by atoms with Gasteiger partial charge >= 0.3 is 23.9 Å². The summed E-state index contributed by atoms with van der Waals surface area (Å²) in [4.78, 5) is 94.9. The number of hydrogen-bond donors (Lipinski definition) is 2.